The summed E-state index contributed by atoms with van der Waals surface area (Å²) in [6.07, 6.45) is 3.11. The zero-order valence-corrected chi connectivity index (χ0v) is 8.92. The van der Waals surface area contributed by atoms with Gasteiger partial charge in [-0.2, -0.15) is 0 Å². The van der Waals surface area contributed by atoms with Gasteiger partial charge in [0.15, 0.2) is 0 Å². The maximum Gasteiger partial charge on any atom is 0.233 e. The Kier molecular flexibility index (Phi) is 2.74. The van der Waals surface area contributed by atoms with E-state index in [-0.39, 0.29) is 5.91 Å². The van der Waals surface area contributed by atoms with Crippen LogP contribution < -0.4 is 10.9 Å². The molecule has 1 saturated carbocycles. The third-order valence-corrected chi connectivity index (χ3v) is 3.54. The Morgan fingerprint density at radius 2 is 2.29 bits per heavy atom. The first kappa shape index (κ1) is 9.93. The molecule has 1 amide bonds. The molecule has 0 aromatic heterocycles. The first-order chi connectivity index (χ1) is 6.72. The number of likely N-dealkylation sites (tertiary alicyclic amines) is 1. The highest BCUT2D eigenvalue weighted by Crippen LogP contribution is 2.36. The summed E-state index contributed by atoms with van der Waals surface area (Å²) in [7, 11) is 2.17. The first-order valence-electron chi connectivity index (χ1n) is 5.47. The molecule has 1 aliphatic heterocycles. The molecule has 2 N–H and O–H groups in total. The van der Waals surface area contributed by atoms with Crippen molar-refractivity contribution in [3.8, 4) is 0 Å². The molecule has 0 radical (unpaired) electrons. The number of amides is 1. The highest BCUT2D eigenvalue weighted by molar-refractivity contribution is 5.74. The standard InChI is InChI=1S/C10H19N3O/c1-3-9(14)11-12-10-7-4-5-8(10)13(2)6-7/h7-8,10,12H,3-6H2,1-2H3,(H,11,14). The molecule has 2 fully saturated rings. The summed E-state index contributed by atoms with van der Waals surface area (Å²) >= 11 is 0. The van der Waals surface area contributed by atoms with E-state index in [0.29, 0.717) is 18.5 Å². The summed E-state index contributed by atoms with van der Waals surface area (Å²) < 4.78 is 0. The smallest absolute Gasteiger partial charge is 0.233 e. The second-order valence-electron chi connectivity index (χ2n) is 4.42. The number of carbonyl (C=O) groups excluding carboxylic acids is 1. The van der Waals surface area contributed by atoms with Gasteiger partial charge in [-0.05, 0) is 25.8 Å². The third-order valence-electron chi connectivity index (χ3n) is 3.54. The summed E-state index contributed by atoms with van der Waals surface area (Å²) in [4.78, 5) is 13.5. The van der Waals surface area contributed by atoms with Crippen LogP contribution in [-0.4, -0.2) is 36.5 Å². The van der Waals surface area contributed by atoms with Crippen LogP contribution in [0.25, 0.3) is 0 Å². The van der Waals surface area contributed by atoms with Crippen molar-refractivity contribution in [3.05, 3.63) is 0 Å². The normalized spacial score (nSPS) is 36.3. The Morgan fingerprint density at radius 1 is 1.50 bits per heavy atom. The second-order valence-corrected chi connectivity index (χ2v) is 4.42. The number of hydrogen-bond donors (Lipinski definition) is 2. The van der Waals surface area contributed by atoms with Gasteiger partial charge in [-0.3, -0.25) is 10.2 Å². The Labute approximate surface area is 85.0 Å². The molecule has 1 saturated heterocycles. The largest absolute Gasteiger partial charge is 0.301 e. The summed E-state index contributed by atoms with van der Waals surface area (Å²) in [5.41, 5.74) is 5.96. The van der Waals surface area contributed by atoms with E-state index in [9.17, 15) is 4.79 Å². The lowest BCUT2D eigenvalue weighted by atomic mass is 10.1. The molecular formula is C10H19N3O. The molecule has 2 rings (SSSR count). The number of hydrogen-bond acceptors (Lipinski definition) is 3. The topological polar surface area (TPSA) is 44.4 Å². The van der Waals surface area contributed by atoms with Gasteiger partial charge in [0.2, 0.25) is 5.91 Å². The number of carbonyl (C=O) groups is 1. The van der Waals surface area contributed by atoms with Crippen molar-refractivity contribution in [3.63, 3.8) is 0 Å². The van der Waals surface area contributed by atoms with Crippen LogP contribution in [0.4, 0.5) is 0 Å². The maximum absolute atomic E-state index is 11.1. The molecule has 0 spiro atoms. The van der Waals surface area contributed by atoms with E-state index in [4.69, 9.17) is 0 Å². The zero-order valence-electron chi connectivity index (χ0n) is 8.92. The SMILES string of the molecule is CCC(=O)NNC1C2CCC1N(C)C2. The van der Waals surface area contributed by atoms with Gasteiger partial charge in [-0.25, -0.2) is 5.43 Å². The van der Waals surface area contributed by atoms with Crippen LogP contribution >= 0.6 is 0 Å². The van der Waals surface area contributed by atoms with Crippen LogP contribution in [0.2, 0.25) is 0 Å². The van der Waals surface area contributed by atoms with Crippen LogP contribution in [0.5, 0.6) is 0 Å². The molecule has 3 atom stereocenters. The minimum atomic E-state index is 0.0824. The molecule has 14 heavy (non-hydrogen) atoms. The van der Waals surface area contributed by atoms with Crippen LogP contribution in [0.3, 0.4) is 0 Å². The first-order valence-corrected chi connectivity index (χ1v) is 5.47. The lowest BCUT2D eigenvalue weighted by Crippen LogP contribution is -2.49. The number of piperidine rings is 1. The summed E-state index contributed by atoms with van der Waals surface area (Å²) in [5, 5.41) is 0. The van der Waals surface area contributed by atoms with Gasteiger partial charge < -0.3 is 4.90 Å². The number of fused-ring (bicyclic) bond motifs is 2. The Morgan fingerprint density at radius 3 is 2.79 bits per heavy atom. The molecule has 1 aliphatic carbocycles. The Balaban J connectivity index is 1.85. The van der Waals surface area contributed by atoms with Crippen molar-refractivity contribution in [2.75, 3.05) is 13.6 Å². The summed E-state index contributed by atoms with van der Waals surface area (Å²) in [6.45, 7) is 3.04. The van der Waals surface area contributed by atoms with Gasteiger partial charge >= 0.3 is 0 Å². The minimum Gasteiger partial charge on any atom is -0.301 e. The molecule has 1 heterocycles. The van der Waals surface area contributed by atoms with Gasteiger partial charge in [-0.1, -0.05) is 6.92 Å². The van der Waals surface area contributed by atoms with E-state index in [1.165, 1.54) is 19.4 Å². The van der Waals surface area contributed by atoms with Crippen molar-refractivity contribution in [2.45, 2.75) is 38.3 Å². The third kappa shape index (κ3) is 1.64. The quantitative estimate of drug-likeness (QED) is 0.631. The van der Waals surface area contributed by atoms with E-state index in [0.717, 1.165) is 5.92 Å². The highest BCUT2D eigenvalue weighted by atomic mass is 16.2. The van der Waals surface area contributed by atoms with Crippen molar-refractivity contribution in [1.29, 1.82) is 0 Å². The molecule has 80 valence electrons. The maximum atomic E-state index is 11.1. The lowest BCUT2D eigenvalue weighted by Gasteiger charge is -2.22. The van der Waals surface area contributed by atoms with Gasteiger partial charge in [0.05, 0.1) is 0 Å². The summed E-state index contributed by atoms with van der Waals surface area (Å²) in [6, 6.07) is 1.09. The van der Waals surface area contributed by atoms with Crippen LogP contribution in [0, 0.1) is 5.92 Å². The number of rotatable bonds is 3. The Hall–Kier alpha value is -0.610. The van der Waals surface area contributed by atoms with E-state index in [1.54, 1.807) is 0 Å². The molecular weight excluding hydrogens is 178 g/mol. The predicted octanol–water partition coefficient (Wildman–Crippen LogP) is 0.110. The van der Waals surface area contributed by atoms with Crippen molar-refractivity contribution < 1.29 is 4.79 Å². The van der Waals surface area contributed by atoms with E-state index < -0.39 is 0 Å². The Bertz CT molecular complexity index is 231. The highest BCUT2D eigenvalue weighted by Gasteiger charge is 2.45. The molecule has 0 aromatic rings. The lowest BCUT2D eigenvalue weighted by molar-refractivity contribution is -0.122. The van der Waals surface area contributed by atoms with Gasteiger partial charge in [0, 0.05) is 25.0 Å². The average molecular weight is 197 g/mol. The number of hydrazine groups is 1. The molecule has 3 unspecified atom stereocenters. The molecule has 2 bridgehead atoms. The number of nitrogens with one attached hydrogen (secondary N) is 2. The number of nitrogens with zero attached hydrogens (tertiary/aromatic N) is 1. The fourth-order valence-electron chi connectivity index (χ4n) is 2.73. The molecule has 4 heteroatoms. The zero-order chi connectivity index (χ0) is 10.1. The minimum absolute atomic E-state index is 0.0824. The molecule has 0 aromatic carbocycles. The molecule has 2 aliphatic rings. The summed E-state index contributed by atoms with van der Waals surface area (Å²) in [5.74, 6) is 0.807. The van der Waals surface area contributed by atoms with Crippen molar-refractivity contribution in [1.82, 2.24) is 15.8 Å². The molecule has 4 nitrogen and oxygen atoms in total. The van der Waals surface area contributed by atoms with Gasteiger partial charge in [0.1, 0.15) is 0 Å². The van der Waals surface area contributed by atoms with Gasteiger partial charge in [-0.15, -0.1) is 0 Å². The fraction of sp³-hybridized carbons (Fsp3) is 0.900. The van der Waals surface area contributed by atoms with E-state index in [2.05, 4.69) is 22.8 Å². The van der Waals surface area contributed by atoms with Crippen LogP contribution in [0.15, 0.2) is 0 Å². The van der Waals surface area contributed by atoms with E-state index >= 15 is 0 Å². The predicted molar refractivity (Wildman–Crippen MR) is 54.5 cm³/mol. The van der Waals surface area contributed by atoms with Crippen molar-refractivity contribution >= 4 is 5.91 Å². The van der Waals surface area contributed by atoms with Gasteiger partial charge in [0.25, 0.3) is 0 Å². The van der Waals surface area contributed by atoms with E-state index in [1.807, 2.05) is 6.92 Å². The average Bonchev–Trinajstić information content (AvgIpc) is 2.70. The fourth-order valence-corrected chi connectivity index (χ4v) is 2.73. The second kappa shape index (κ2) is 3.87. The monoisotopic (exact) mass is 197 g/mol. The van der Waals surface area contributed by atoms with Crippen molar-refractivity contribution in [2.24, 2.45) is 5.92 Å². The van der Waals surface area contributed by atoms with Crippen LogP contribution in [-0.2, 0) is 4.79 Å². The van der Waals surface area contributed by atoms with Crippen LogP contribution in [0.1, 0.15) is 26.2 Å². The number of likely N-dealkylation sites (N-methyl/N-ethyl adjacent to an activating group) is 1.